The van der Waals surface area contributed by atoms with Crippen LogP contribution in [0.4, 0.5) is 10.1 Å². The van der Waals surface area contributed by atoms with E-state index in [-0.39, 0.29) is 24.2 Å². The van der Waals surface area contributed by atoms with Gasteiger partial charge in [0.05, 0.1) is 6.54 Å². The van der Waals surface area contributed by atoms with Gasteiger partial charge in [0, 0.05) is 18.3 Å². The molecule has 0 aromatic heterocycles. The second-order valence-electron chi connectivity index (χ2n) is 5.64. The quantitative estimate of drug-likeness (QED) is 0.810. The summed E-state index contributed by atoms with van der Waals surface area (Å²) >= 11 is 0. The minimum atomic E-state index is -0.451. The van der Waals surface area contributed by atoms with Crippen LogP contribution in [0.25, 0.3) is 0 Å². The molecule has 112 valence electrons. The highest BCUT2D eigenvalue weighted by molar-refractivity contribution is 6.04. The summed E-state index contributed by atoms with van der Waals surface area (Å²) in [7, 11) is 0. The number of benzene rings is 1. The molecule has 6 heteroatoms. The topological polar surface area (TPSA) is 61.4 Å². The average Bonchev–Trinajstić information content (AvgIpc) is 3.25. The maximum absolute atomic E-state index is 13.5. The Bertz CT molecular complexity index is 586. The molecule has 2 aliphatic rings. The molecular formula is C15H18FN3O2. The lowest BCUT2D eigenvalue weighted by molar-refractivity contribution is -0.132. The molecule has 0 bridgehead atoms. The monoisotopic (exact) mass is 291 g/mol. The lowest BCUT2D eigenvalue weighted by atomic mass is 10.1. The highest BCUT2D eigenvalue weighted by Crippen LogP contribution is 2.26. The van der Waals surface area contributed by atoms with Crippen molar-refractivity contribution in [1.82, 2.24) is 10.6 Å². The van der Waals surface area contributed by atoms with Crippen LogP contribution in [0.5, 0.6) is 0 Å². The van der Waals surface area contributed by atoms with E-state index in [1.165, 1.54) is 12.1 Å². The van der Waals surface area contributed by atoms with E-state index in [0.29, 0.717) is 12.6 Å². The number of nitrogens with one attached hydrogen (secondary N) is 2. The van der Waals surface area contributed by atoms with Gasteiger partial charge in [-0.25, -0.2) is 4.39 Å². The van der Waals surface area contributed by atoms with Crippen molar-refractivity contribution in [1.29, 1.82) is 0 Å². The predicted octanol–water partition coefficient (Wildman–Crippen LogP) is 0.929. The molecule has 21 heavy (non-hydrogen) atoms. The molecule has 1 aliphatic heterocycles. The fourth-order valence-electron chi connectivity index (χ4n) is 2.53. The van der Waals surface area contributed by atoms with Crippen LogP contribution in [0, 0.1) is 5.82 Å². The number of halogens is 1. The zero-order valence-electron chi connectivity index (χ0n) is 11.9. The summed E-state index contributed by atoms with van der Waals surface area (Å²) in [6.45, 7) is 2.38. The predicted molar refractivity (Wildman–Crippen MR) is 76.2 cm³/mol. The number of piperazine rings is 1. The van der Waals surface area contributed by atoms with Gasteiger partial charge >= 0.3 is 0 Å². The van der Waals surface area contributed by atoms with Crippen molar-refractivity contribution in [3.63, 3.8) is 0 Å². The second kappa shape index (κ2) is 5.44. The Balaban J connectivity index is 1.88. The molecule has 1 saturated carbocycles. The highest BCUT2D eigenvalue weighted by atomic mass is 19.1. The first kappa shape index (κ1) is 14.0. The zero-order chi connectivity index (χ0) is 15.0. The molecule has 1 aromatic rings. The lowest BCUT2D eigenvalue weighted by Gasteiger charge is -2.35. The first-order valence-corrected chi connectivity index (χ1v) is 7.17. The Hall–Kier alpha value is -1.95. The molecule has 3 rings (SSSR count). The van der Waals surface area contributed by atoms with Crippen molar-refractivity contribution in [3.8, 4) is 0 Å². The fourth-order valence-corrected chi connectivity index (χ4v) is 2.53. The maximum atomic E-state index is 13.5. The fraction of sp³-hybridized carbons (Fsp3) is 0.467. The number of hydrogen-bond acceptors (Lipinski definition) is 4. The van der Waals surface area contributed by atoms with Gasteiger partial charge in [0.1, 0.15) is 11.9 Å². The van der Waals surface area contributed by atoms with Crippen LogP contribution in [0.1, 0.15) is 25.3 Å². The van der Waals surface area contributed by atoms with Gasteiger partial charge in [-0.1, -0.05) is 0 Å². The number of carbonyl (C=O) groups is 2. The van der Waals surface area contributed by atoms with Gasteiger partial charge in [-0.05, 0) is 43.5 Å². The molecule has 1 unspecified atom stereocenters. The van der Waals surface area contributed by atoms with Gasteiger partial charge in [-0.3, -0.25) is 14.9 Å². The van der Waals surface area contributed by atoms with Crippen LogP contribution in [0.3, 0.4) is 0 Å². The SMILES string of the molecule is CC1C(=O)NC(=O)CN1c1ccc(F)cc1CNC1CC1. The number of imide groups is 1. The minimum Gasteiger partial charge on any atom is -0.350 e. The molecule has 5 nitrogen and oxygen atoms in total. The molecule has 1 aliphatic carbocycles. The molecule has 1 aromatic carbocycles. The van der Waals surface area contributed by atoms with Crippen LogP contribution in [-0.4, -0.2) is 30.4 Å². The second-order valence-corrected chi connectivity index (χ2v) is 5.64. The van der Waals surface area contributed by atoms with Crippen LogP contribution in [0.2, 0.25) is 0 Å². The first-order chi connectivity index (χ1) is 10.0. The van der Waals surface area contributed by atoms with Gasteiger partial charge in [-0.15, -0.1) is 0 Å². The van der Waals surface area contributed by atoms with E-state index in [4.69, 9.17) is 0 Å². The van der Waals surface area contributed by atoms with Crippen LogP contribution in [-0.2, 0) is 16.1 Å². The average molecular weight is 291 g/mol. The number of rotatable bonds is 4. The van der Waals surface area contributed by atoms with Gasteiger partial charge in [-0.2, -0.15) is 0 Å². The molecule has 2 amide bonds. The number of hydrogen-bond donors (Lipinski definition) is 2. The van der Waals surface area contributed by atoms with E-state index in [9.17, 15) is 14.0 Å². The molecule has 0 spiro atoms. The first-order valence-electron chi connectivity index (χ1n) is 7.17. The molecule has 1 heterocycles. The molecule has 0 radical (unpaired) electrons. The van der Waals surface area contributed by atoms with E-state index in [1.807, 2.05) is 0 Å². The third-order valence-corrected chi connectivity index (χ3v) is 3.93. The molecule has 2 fully saturated rings. The standard InChI is InChI=1S/C15H18FN3O2/c1-9-15(21)18-14(20)8-19(9)13-5-2-11(16)6-10(13)7-17-12-3-4-12/h2,5-6,9,12,17H,3-4,7-8H2,1H3,(H,18,20,21). The van der Waals surface area contributed by atoms with Gasteiger partial charge < -0.3 is 10.2 Å². The lowest BCUT2D eigenvalue weighted by Crippen LogP contribution is -2.57. The zero-order valence-corrected chi connectivity index (χ0v) is 11.9. The highest BCUT2D eigenvalue weighted by Gasteiger charge is 2.31. The number of nitrogens with zero attached hydrogens (tertiary/aromatic N) is 1. The number of amides is 2. The normalized spacial score (nSPS) is 22.4. The maximum Gasteiger partial charge on any atom is 0.249 e. The van der Waals surface area contributed by atoms with Gasteiger partial charge in [0.25, 0.3) is 0 Å². The van der Waals surface area contributed by atoms with E-state index < -0.39 is 6.04 Å². The van der Waals surface area contributed by atoms with Gasteiger partial charge in [0.2, 0.25) is 11.8 Å². The van der Waals surface area contributed by atoms with Crippen LogP contribution < -0.4 is 15.5 Å². The van der Waals surface area contributed by atoms with E-state index in [2.05, 4.69) is 10.6 Å². The molecule has 1 saturated heterocycles. The summed E-state index contributed by atoms with van der Waals surface area (Å²) in [5.74, 6) is -0.966. The summed E-state index contributed by atoms with van der Waals surface area (Å²) < 4.78 is 13.5. The third kappa shape index (κ3) is 3.05. The smallest absolute Gasteiger partial charge is 0.249 e. The Labute approximate surface area is 122 Å². The van der Waals surface area contributed by atoms with Crippen molar-refractivity contribution in [2.24, 2.45) is 0 Å². The molecule has 1 atom stereocenters. The van der Waals surface area contributed by atoms with E-state index >= 15 is 0 Å². The number of anilines is 1. The number of carbonyl (C=O) groups excluding carboxylic acids is 2. The van der Waals surface area contributed by atoms with Gasteiger partial charge in [0.15, 0.2) is 0 Å². The summed E-state index contributed by atoms with van der Waals surface area (Å²) in [6.07, 6.45) is 2.29. The Morgan fingerprint density at radius 3 is 2.86 bits per heavy atom. The summed E-state index contributed by atoms with van der Waals surface area (Å²) in [5, 5.41) is 5.65. The molecular weight excluding hydrogens is 273 g/mol. The van der Waals surface area contributed by atoms with E-state index in [1.54, 1.807) is 17.9 Å². The minimum absolute atomic E-state index is 0.106. The summed E-state index contributed by atoms with van der Waals surface area (Å²) in [6, 6.07) is 4.52. The van der Waals surface area contributed by atoms with Crippen molar-refractivity contribution in [2.75, 3.05) is 11.4 Å². The van der Waals surface area contributed by atoms with E-state index in [0.717, 1.165) is 24.1 Å². The van der Waals surface area contributed by atoms with Crippen LogP contribution in [0.15, 0.2) is 18.2 Å². The summed E-state index contributed by atoms with van der Waals surface area (Å²) in [5.41, 5.74) is 1.51. The van der Waals surface area contributed by atoms with Crippen molar-refractivity contribution < 1.29 is 14.0 Å². The van der Waals surface area contributed by atoms with Crippen molar-refractivity contribution >= 4 is 17.5 Å². The summed E-state index contributed by atoms with van der Waals surface area (Å²) in [4.78, 5) is 25.1. The van der Waals surface area contributed by atoms with Crippen molar-refractivity contribution in [2.45, 2.75) is 38.4 Å². The third-order valence-electron chi connectivity index (χ3n) is 3.93. The molecule has 2 N–H and O–H groups in total. The Morgan fingerprint density at radius 1 is 1.38 bits per heavy atom. The van der Waals surface area contributed by atoms with Crippen LogP contribution >= 0.6 is 0 Å². The largest absolute Gasteiger partial charge is 0.350 e. The van der Waals surface area contributed by atoms with Crippen molar-refractivity contribution in [3.05, 3.63) is 29.6 Å². The Kier molecular flexibility index (Phi) is 3.63. The Morgan fingerprint density at radius 2 is 2.14 bits per heavy atom.